The third-order valence-electron chi connectivity index (χ3n) is 5.40. The molecule has 2 heterocycles. The van der Waals surface area contributed by atoms with Crippen molar-refractivity contribution in [1.29, 1.82) is 0 Å². The number of nitrogens with zero attached hydrogens (tertiary/aromatic N) is 2. The van der Waals surface area contributed by atoms with Crippen molar-refractivity contribution in [2.45, 2.75) is 44.3 Å². The van der Waals surface area contributed by atoms with Gasteiger partial charge in [0.2, 0.25) is 5.91 Å². The van der Waals surface area contributed by atoms with E-state index in [9.17, 15) is 9.18 Å². The van der Waals surface area contributed by atoms with E-state index < -0.39 is 5.82 Å². The summed E-state index contributed by atoms with van der Waals surface area (Å²) in [5.41, 5.74) is 1.81. The maximum Gasteiger partial charge on any atom is 0.224 e. The molecule has 2 N–H and O–H groups in total. The van der Waals surface area contributed by atoms with E-state index in [0.29, 0.717) is 46.9 Å². The summed E-state index contributed by atoms with van der Waals surface area (Å²) in [5, 5.41) is 7.58. The first-order chi connectivity index (χ1) is 16.5. The molecule has 0 spiro atoms. The van der Waals surface area contributed by atoms with Crippen LogP contribution >= 0.6 is 33.2 Å². The highest BCUT2D eigenvalue weighted by Gasteiger charge is 2.17. The summed E-state index contributed by atoms with van der Waals surface area (Å²) in [7, 11) is 3.91. The number of unbranched alkanes of at least 4 members (excludes halogenated alkanes) is 1. The van der Waals surface area contributed by atoms with Gasteiger partial charge in [0.25, 0.3) is 0 Å². The highest BCUT2D eigenvalue weighted by Crippen LogP contribution is 2.40. The van der Waals surface area contributed by atoms with Crippen molar-refractivity contribution in [3.8, 4) is 5.75 Å². The topological polar surface area (TPSA) is 76.1 Å². The van der Waals surface area contributed by atoms with Crippen LogP contribution in [0.3, 0.4) is 0 Å². The number of hydrogen-bond acceptors (Lipinski definition) is 7. The summed E-state index contributed by atoms with van der Waals surface area (Å²) < 4.78 is 19.3. The van der Waals surface area contributed by atoms with Gasteiger partial charge in [-0.2, -0.15) is 0 Å². The predicted octanol–water partition coefficient (Wildman–Crippen LogP) is 7.22. The van der Waals surface area contributed by atoms with E-state index in [0.717, 1.165) is 24.5 Å². The number of carbonyl (C=O) groups excluding carboxylic acids is 1. The molecule has 6 nitrogen and oxygen atoms in total. The van der Waals surface area contributed by atoms with Crippen LogP contribution in [-0.2, 0) is 4.79 Å². The summed E-state index contributed by atoms with van der Waals surface area (Å²) in [6, 6.07) is 7.95. The first-order valence-corrected chi connectivity index (χ1v) is 14.0. The normalized spacial score (nSPS) is 15.4. The predicted molar refractivity (Wildman–Crippen MR) is 141 cm³/mol. The Balaban J connectivity index is 1.50. The number of amides is 1. The molecule has 3 aromatic rings. The van der Waals surface area contributed by atoms with E-state index in [2.05, 4.69) is 20.6 Å². The summed E-state index contributed by atoms with van der Waals surface area (Å²) in [6.07, 6.45) is 6.21. The van der Waals surface area contributed by atoms with E-state index in [-0.39, 0.29) is 10.9 Å². The lowest BCUT2D eigenvalue weighted by molar-refractivity contribution is -0.116. The van der Waals surface area contributed by atoms with E-state index in [1.54, 1.807) is 18.2 Å². The summed E-state index contributed by atoms with van der Waals surface area (Å²) in [5.74, 6) is 1.75. The number of ether oxygens (including phenoxy) is 1. The molecule has 0 radical (unpaired) electrons. The van der Waals surface area contributed by atoms with Crippen LogP contribution in [0.4, 0.5) is 21.6 Å². The smallest absolute Gasteiger partial charge is 0.224 e. The molecule has 1 aromatic heterocycles. The van der Waals surface area contributed by atoms with Gasteiger partial charge in [0.15, 0.2) is 0 Å². The first-order valence-electron chi connectivity index (χ1n) is 11.2. The van der Waals surface area contributed by atoms with Gasteiger partial charge in [-0.1, -0.05) is 39.6 Å². The number of fused-ring (bicyclic) bond motifs is 1. The summed E-state index contributed by atoms with van der Waals surface area (Å²) in [6.45, 7) is 2.34. The average molecular weight is 521 g/mol. The van der Waals surface area contributed by atoms with Crippen molar-refractivity contribution >= 4 is 67.2 Å². The van der Waals surface area contributed by atoms with Crippen molar-refractivity contribution in [1.82, 2.24) is 9.97 Å². The largest absolute Gasteiger partial charge is 0.492 e. The van der Waals surface area contributed by atoms with Crippen molar-refractivity contribution in [3.05, 3.63) is 47.5 Å². The van der Waals surface area contributed by atoms with E-state index in [1.807, 2.05) is 28.5 Å². The lowest BCUT2D eigenvalue weighted by atomic mass is 10.1. The third-order valence-corrected chi connectivity index (χ3v) is 8.70. The Hall–Kier alpha value is -2.23. The summed E-state index contributed by atoms with van der Waals surface area (Å²) >= 11 is 5.91. The fourth-order valence-electron chi connectivity index (χ4n) is 3.70. The minimum atomic E-state index is -0.494. The van der Waals surface area contributed by atoms with Crippen LogP contribution in [-0.4, -0.2) is 33.5 Å². The Morgan fingerprint density at radius 2 is 2.15 bits per heavy atom. The maximum absolute atomic E-state index is 13.5. The standard InChI is InChI=1S/C24H26ClFN4O2S2/c1-2-32-22-13-20-17(24(28-14-27-20)29-15-7-8-19(26)18(25)11-15)12-21(22)30-23(31)6-4-3-5-16-9-10-33-34-16/h7-8,11-14,16H,2-6,9-10H2,1H3,(H,30,31)(H,27,28,29). The number of nitrogens with one attached hydrogen (secondary N) is 2. The van der Waals surface area contributed by atoms with Gasteiger partial charge in [-0.25, -0.2) is 14.4 Å². The van der Waals surface area contributed by atoms with Gasteiger partial charge in [0, 0.05) is 34.6 Å². The molecule has 1 saturated heterocycles. The Bertz CT molecular complexity index is 1160. The van der Waals surface area contributed by atoms with Gasteiger partial charge >= 0.3 is 0 Å². The van der Waals surface area contributed by atoms with Crippen molar-refractivity contribution < 1.29 is 13.9 Å². The molecule has 1 atom stereocenters. The van der Waals surface area contributed by atoms with Gasteiger partial charge in [-0.3, -0.25) is 4.79 Å². The second-order valence-corrected chi connectivity index (χ2v) is 11.1. The van der Waals surface area contributed by atoms with Gasteiger partial charge in [0.1, 0.15) is 23.7 Å². The molecule has 4 rings (SSSR count). The number of carbonyl (C=O) groups is 1. The van der Waals surface area contributed by atoms with Gasteiger partial charge in [-0.05, 0) is 50.5 Å². The highest BCUT2D eigenvalue weighted by atomic mass is 35.5. The minimum absolute atomic E-state index is 0.0141. The molecule has 0 saturated carbocycles. The Labute approximate surface area is 211 Å². The molecule has 1 aliphatic rings. The van der Waals surface area contributed by atoms with E-state index in [1.165, 1.54) is 30.6 Å². The molecular formula is C24H26ClFN4O2S2. The molecule has 1 amide bonds. The van der Waals surface area contributed by atoms with Crippen LogP contribution in [0.5, 0.6) is 5.75 Å². The molecule has 10 heteroatoms. The summed E-state index contributed by atoms with van der Waals surface area (Å²) in [4.78, 5) is 21.3. The second-order valence-electron chi connectivity index (χ2n) is 7.90. The fourth-order valence-corrected chi connectivity index (χ4v) is 6.91. The van der Waals surface area contributed by atoms with Crippen LogP contribution in [0.1, 0.15) is 39.0 Å². The molecule has 2 aromatic carbocycles. The van der Waals surface area contributed by atoms with Crippen LogP contribution < -0.4 is 15.4 Å². The number of rotatable bonds is 10. The fraction of sp³-hybridized carbons (Fsp3) is 0.375. The van der Waals surface area contributed by atoms with Crippen LogP contribution in [0.25, 0.3) is 10.9 Å². The van der Waals surface area contributed by atoms with Gasteiger partial charge in [0.05, 0.1) is 22.8 Å². The maximum atomic E-state index is 13.5. The third kappa shape index (κ3) is 6.46. The van der Waals surface area contributed by atoms with Crippen molar-refractivity contribution in [2.75, 3.05) is 23.0 Å². The Morgan fingerprint density at radius 1 is 1.26 bits per heavy atom. The number of aromatic nitrogens is 2. The van der Waals surface area contributed by atoms with Gasteiger partial charge in [-0.15, -0.1) is 0 Å². The molecular weight excluding hydrogens is 495 g/mol. The lowest BCUT2D eigenvalue weighted by Gasteiger charge is -2.15. The number of hydrogen-bond donors (Lipinski definition) is 2. The van der Waals surface area contributed by atoms with Crippen LogP contribution in [0.2, 0.25) is 5.02 Å². The quantitative estimate of drug-likeness (QED) is 0.216. The lowest BCUT2D eigenvalue weighted by Crippen LogP contribution is -2.13. The zero-order valence-corrected chi connectivity index (χ0v) is 21.2. The molecule has 1 unspecified atom stereocenters. The molecule has 1 aliphatic heterocycles. The Morgan fingerprint density at radius 3 is 2.91 bits per heavy atom. The number of halogens is 2. The van der Waals surface area contributed by atoms with Crippen molar-refractivity contribution in [2.24, 2.45) is 0 Å². The SMILES string of the molecule is CCOc1cc2ncnc(Nc3ccc(F)c(Cl)c3)c2cc1NC(=O)CCCCC1CCSS1. The van der Waals surface area contributed by atoms with Crippen LogP contribution in [0, 0.1) is 5.82 Å². The minimum Gasteiger partial charge on any atom is -0.492 e. The molecule has 1 fully saturated rings. The van der Waals surface area contributed by atoms with E-state index >= 15 is 0 Å². The van der Waals surface area contributed by atoms with E-state index in [4.69, 9.17) is 16.3 Å². The molecule has 180 valence electrons. The zero-order valence-electron chi connectivity index (χ0n) is 18.8. The molecule has 0 bridgehead atoms. The molecule has 0 aliphatic carbocycles. The highest BCUT2D eigenvalue weighted by molar-refractivity contribution is 8.77. The van der Waals surface area contributed by atoms with Crippen molar-refractivity contribution in [3.63, 3.8) is 0 Å². The first kappa shape index (κ1) is 24.9. The average Bonchev–Trinajstić information content (AvgIpc) is 3.34. The second kappa shape index (κ2) is 12.0. The number of anilines is 3. The number of benzene rings is 2. The Kier molecular flexibility index (Phi) is 8.74. The zero-order chi connectivity index (χ0) is 23.9. The van der Waals surface area contributed by atoms with Gasteiger partial charge < -0.3 is 15.4 Å². The monoisotopic (exact) mass is 520 g/mol. The van der Waals surface area contributed by atoms with Crippen LogP contribution in [0.15, 0.2) is 36.7 Å². The molecule has 34 heavy (non-hydrogen) atoms.